The third-order valence-corrected chi connectivity index (χ3v) is 5.66. The van der Waals surface area contributed by atoms with Gasteiger partial charge in [0.2, 0.25) is 5.82 Å². The first-order chi connectivity index (χ1) is 19.0. The fourth-order valence-corrected chi connectivity index (χ4v) is 3.71. The van der Waals surface area contributed by atoms with Crippen LogP contribution in [0.1, 0.15) is 13.3 Å². The van der Waals surface area contributed by atoms with Crippen molar-refractivity contribution in [2.24, 2.45) is 0 Å². The average Bonchev–Trinajstić information content (AvgIpc) is 3.44. The van der Waals surface area contributed by atoms with Crippen LogP contribution in [-0.2, 0) is 14.3 Å². The van der Waals surface area contributed by atoms with E-state index in [9.17, 15) is 14.4 Å². The van der Waals surface area contributed by atoms with Crippen molar-refractivity contribution in [3.8, 4) is 40.2 Å². The van der Waals surface area contributed by atoms with Gasteiger partial charge in [-0.3, -0.25) is 25.2 Å². The van der Waals surface area contributed by atoms with Gasteiger partial charge in [-0.2, -0.15) is 4.98 Å². The number of ether oxygens (including phenoxy) is 3. The summed E-state index contributed by atoms with van der Waals surface area (Å²) in [5, 5.41) is 8.10. The van der Waals surface area contributed by atoms with Crippen LogP contribution in [0.15, 0.2) is 71.6 Å². The van der Waals surface area contributed by atoms with Crippen LogP contribution in [0.5, 0.6) is 17.2 Å². The van der Waals surface area contributed by atoms with Crippen LogP contribution in [0.2, 0.25) is 0 Å². The minimum absolute atomic E-state index is 0.0774. The van der Waals surface area contributed by atoms with Gasteiger partial charge in [-0.05, 0) is 55.5 Å². The van der Waals surface area contributed by atoms with E-state index in [4.69, 9.17) is 18.7 Å². The van der Waals surface area contributed by atoms with Crippen molar-refractivity contribution in [3.05, 3.63) is 67.1 Å². The molecule has 5 rings (SSSR count). The third kappa shape index (κ3) is 5.57. The van der Waals surface area contributed by atoms with Crippen LogP contribution >= 0.6 is 0 Å². The van der Waals surface area contributed by atoms with Gasteiger partial charge in [-0.1, -0.05) is 5.16 Å². The van der Waals surface area contributed by atoms with Gasteiger partial charge in [0.25, 0.3) is 23.3 Å². The summed E-state index contributed by atoms with van der Waals surface area (Å²) in [4.78, 5) is 49.3. The molecule has 4 aromatic rings. The van der Waals surface area contributed by atoms with Crippen LogP contribution in [0.3, 0.4) is 0 Å². The predicted molar refractivity (Wildman–Crippen MR) is 133 cm³/mol. The second-order valence-corrected chi connectivity index (χ2v) is 8.23. The Balaban J connectivity index is 1.25. The first kappa shape index (κ1) is 25.5. The molecule has 4 amide bonds. The number of nitrogens with zero attached hydrogens (tertiary/aromatic N) is 4. The highest BCUT2D eigenvalue weighted by atomic mass is 16.5. The normalized spacial score (nSPS) is 14.4. The lowest BCUT2D eigenvalue weighted by atomic mass is 9.95. The number of urea groups is 1. The summed E-state index contributed by atoms with van der Waals surface area (Å²) < 4.78 is 22.3. The van der Waals surface area contributed by atoms with Crippen LogP contribution in [-0.4, -0.2) is 56.8 Å². The monoisotopic (exact) mass is 530 g/mol. The maximum atomic E-state index is 12.6. The first-order valence-electron chi connectivity index (χ1n) is 11.9. The molecule has 0 atom stereocenters. The minimum Gasteiger partial charge on any atom is -0.467 e. The number of amides is 4. The summed E-state index contributed by atoms with van der Waals surface area (Å²) in [6.07, 6.45) is 4.56. The molecule has 1 aliphatic heterocycles. The summed E-state index contributed by atoms with van der Waals surface area (Å²) in [7, 11) is 0. The van der Waals surface area contributed by atoms with Crippen molar-refractivity contribution in [1.82, 2.24) is 30.7 Å². The van der Waals surface area contributed by atoms with Crippen LogP contribution in [0.25, 0.3) is 23.0 Å². The summed E-state index contributed by atoms with van der Waals surface area (Å²) in [5.74, 6) is 0.175. The fourth-order valence-electron chi connectivity index (χ4n) is 3.71. The number of hydrogen-bond acceptors (Lipinski definition) is 11. The molecular weight excluding hydrogens is 508 g/mol. The van der Waals surface area contributed by atoms with Crippen LogP contribution in [0.4, 0.5) is 4.79 Å². The number of benzene rings is 2. The van der Waals surface area contributed by atoms with Gasteiger partial charge in [0, 0.05) is 31.0 Å². The molecule has 0 saturated carbocycles. The summed E-state index contributed by atoms with van der Waals surface area (Å²) in [6.45, 7) is 2.25. The Morgan fingerprint density at radius 3 is 2.21 bits per heavy atom. The van der Waals surface area contributed by atoms with Gasteiger partial charge in [0.15, 0.2) is 0 Å². The Labute approximate surface area is 221 Å². The van der Waals surface area contributed by atoms with Crippen molar-refractivity contribution in [2.75, 3.05) is 13.2 Å². The molecule has 13 heteroatoms. The molecule has 39 heavy (non-hydrogen) atoms. The van der Waals surface area contributed by atoms with Crippen LogP contribution in [0, 0.1) is 0 Å². The van der Waals surface area contributed by atoms with Crippen molar-refractivity contribution in [2.45, 2.75) is 18.9 Å². The highest BCUT2D eigenvalue weighted by molar-refractivity contribution is 6.21. The lowest BCUT2D eigenvalue weighted by Crippen LogP contribution is -2.69. The zero-order valence-electron chi connectivity index (χ0n) is 20.6. The third-order valence-electron chi connectivity index (χ3n) is 5.66. The van der Waals surface area contributed by atoms with Gasteiger partial charge in [-0.15, -0.1) is 0 Å². The first-order valence-corrected chi connectivity index (χ1v) is 11.9. The van der Waals surface area contributed by atoms with E-state index in [0.717, 1.165) is 0 Å². The van der Waals surface area contributed by atoms with Crippen molar-refractivity contribution >= 4 is 17.8 Å². The number of imide groups is 2. The molecule has 2 aromatic carbocycles. The molecule has 1 saturated heterocycles. The van der Waals surface area contributed by atoms with Gasteiger partial charge < -0.3 is 18.7 Å². The molecular formula is C26H22N6O7. The van der Waals surface area contributed by atoms with E-state index in [2.05, 4.69) is 30.7 Å². The molecule has 0 spiro atoms. The number of rotatable bonds is 10. The smallest absolute Gasteiger partial charge is 0.328 e. The van der Waals surface area contributed by atoms with E-state index in [1.54, 1.807) is 74.0 Å². The summed E-state index contributed by atoms with van der Waals surface area (Å²) >= 11 is 0. The minimum atomic E-state index is -1.96. The Morgan fingerprint density at radius 2 is 1.56 bits per heavy atom. The van der Waals surface area contributed by atoms with Gasteiger partial charge >= 0.3 is 6.03 Å². The van der Waals surface area contributed by atoms with E-state index in [1.807, 2.05) is 0 Å². The number of hydrogen-bond donors (Lipinski definition) is 2. The van der Waals surface area contributed by atoms with E-state index < -0.39 is 23.4 Å². The summed E-state index contributed by atoms with van der Waals surface area (Å²) in [5.41, 5.74) is -0.768. The Kier molecular flexibility index (Phi) is 7.23. The zero-order chi connectivity index (χ0) is 27.2. The Bertz CT molecular complexity index is 1450. The Morgan fingerprint density at radius 1 is 0.897 bits per heavy atom. The fraction of sp³-hybridized carbons (Fsp3) is 0.192. The Hall–Kier alpha value is -5.17. The largest absolute Gasteiger partial charge is 0.467 e. The molecule has 198 valence electrons. The lowest BCUT2D eigenvalue weighted by Gasteiger charge is -2.34. The summed E-state index contributed by atoms with van der Waals surface area (Å²) in [6, 6.07) is 12.5. The number of nitrogens with one attached hydrogen (secondary N) is 2. The number of carbonyl (C=O) groups is 3. The van der Waals surface area contributed by atoms with Crippen molar-refractivity contribution < 1.29 is 33.1 Å². The molecule has 2 N–H and O–H groups in total. The predicted octanol–water partition coefficient (Wildman–Crippen LogP) is 2.90. The average molecular weight is 530 g/mol. The van der Waals surface area contributed by atoms with E-state index in [-0.39, 0.29) is 18.8 Å². The van der Waals surface area contributed by atoms with E-state index in [1.165, 1.54) is 0 Å². The SMILES string of the molecule is CCOCCC1(Oc2ccc(Oc3ccc(-c4nc(-c5cnccn5)no4)cc3)cc2)C(=O)NC(=O)NC1=O. The highest BCUT2D eigenvalue weighted by Crippen LogP contribution is 2.30. The van der Waals surface area contributed by atoms with E-state index >= 15 is 0 Å². The quantitative estimate of drug-likeness (QED) is 0.228. The number of barbiturate groups is 1. The van der Waals surface area contributed by atoms with Gasteiger partial charge in [0.05, 0.1) is 12.8 Å². The van der Waals surface area contributed by atoms with Gasteiger partial charge in [0.1, 0.15) is 22.9 Å². The van der Waals surface area contributed by atoms with Crippen molar-refractivity contribution in [3.63, 3.8) is 0 Å². The molecule has 13 nitrogen and oxygen atoms in total. The maximum Gasteiger partial charge on any atom is 0.328 e. The number of aromatic nitrogens is 4. The van der Waals surface area contributed by atoms with E-state index in [0.29, 0.717) is 41.1 Å². The second kappa shape index (κ2) is 11.1. The lowest BCUT2D eigenvalue weighted by molar-refractivity contribution is -0.153. The standard InChI is InChI=1S/C26H22N6O7/c1-2-36-14-11-26(23(33)30-25(35)31-24(26)34)38-19-9-7-18(8-10-19)37-17-5-3-16(4-6-17)22-29-21(32-39-22)20-15-27-12-13-28-20/h3-10,12-13,15H,2,11,14H2,1H3,(H2,30,31,33,34,35). The molecule has 3 heterocycles. The zero-order valence-corrected chi connectivity index (χ0v) is 20.6. The van der Waals surface area contributed by atoms with Gasteiger partial charge in [-0.25, -0.2) is 9.78 Å². The molecule has 2 aromatic heterocycles. The highest BCUT2D eigenvalue weighted by Gasteiger charge is 2.52. The van der Waals surface area contributed by atoms with Crippen molar-refractivity contribution in [1.29, 1.82) is 0 Å². The molecule has 1 fully saturated rings. The van der Waals surface area contributed by atoms with Crippen LogP contribution < -0.4 is 20.1 Å². The molecule has 0 radical (unpaired) electrons. The molecule has 0 aliphatic carbocycles. The molecule has 0 unspecified atom stereocenters. The molecule has 0 bridgehead atoms. The number of carbonyl (C=O) groups excluding carboxylic acids is 3. The maximum absolute atomic E-state index is 12.6. The topological polar surface area (TPSA) is 168 Å². The molecule has 1 aliphatic rings. The second-order valence-electron chi connectivity index (χ2n) is 8.23.